The van der Waals surface area contributed by atoms with Gasteiger partial charge in [-0.2, -0.15) is 0 Å². The Kier molecular flexibility index (Phi) is 4.41. The zero-order valence-electron chi connectivity index (χ0n) is 9.31. The second-order valence-corrected chi connectivity index (χ2v) is 5.78. The molecule has 0 unspecified atom stereocenters. The second kappa shape index (κ2) is 5.85. The fourth-order valence-electron chi connectivity index (χ4n) is 1.24. The largest absolute Gasteiger partial charge is 0.496 e. The van der Waals surface area contributed by atoms with E-state index in [1.54, 1.807) is 7.11 Å². The lowest BCUT2D eigenvalue weighted by molar-refractivity contribution is 0.299. The van der Waals surface area contributed by atoms with Crippen molar-refractivity contribution in [1.82, 2.24) is 9.59 Å². The van der Waals surface area contributed by atoms with E-state index in [1.807, 2.05) is 12.1 Å². The van der Waals surface area contributed by atoms with E-state index < -0.39 is 0 Å². The summed E-state index contributed by atoms with van der Waals surface area (Å²) in [5.74, 6) is 1.40. The van der Waals surface area contributed by atoms with Crippen LogP contribution in [0.1, 0.15) is 5.69 Å². The molecule has 0 aliphatic carbocycles. The zero-order chi connectivity index (χ0) is 13.1. The van der Waals surface area contributed by atoms with Crippen LogP contribution >= 0.6 is 43.4 Å². The minimum absolute atomic E-state index is 0.277. The minimum atomic E-state index is 0.277. The van der Waals surface area contributed by atoms with Crippen molar-refractivity contribution in [3.8, 4) is 11.5 Å². The van der Waals surface area contributed by atoms with Crippen LogP contribution < -0.4 is 15.2 Å². The molecule has 2 aromatic rings. The Labute approximate surface area is 125 Å². The Morgan fingerprint density at radius 3 is 2.56 bits per heavy atom. The third kappa shape index (κ3) is 2.93. The molecule has 2 rings (SSSR count). The van der Waals surface area contributed by atoms with Gasteiger partial charge < -0.3 is 15.2 Å². The molecule has 0 spiro atoms. The van der Waals surface area contributed by atoms with Crippen molar-refractivity contribution in [2.75, 3.05) is 12.8 Å². The van der Waals surface area contributed by atoms with Gasteiger partial charge in [0.2, 0.25) is 0 Å². The molecule has 1 aromatic carbocycles. The number of hydrogen-bond acceptors (Lipinski definition) is 6. The Balaban J connectivity index is 2.15. The van der Waals surface area contributed by atoms with Gasteiger partial charge in [-0.15, -0.1) is 5.10 Å². The number of rotatable bonds is 4. The third-order valence-corrected chi connectivity index (χ3v) is 3.99. The van der Waals surface area contributed by atoms with Crippen LogP contribution in [0.5, 0.6) is 11.5 Å². The summed E-state index contributed by atoms with van der Waals surface area (Å²) in [6, 6.07) is 3.64. The van der Waals surface area contributed by atoms with Gasteiger partial charge in [-0.05, 0) is 44.0 Å². The third-order valence-electron chi connectivity index (χ3n) is 2.16. The molecular formula is C10H9Br2N3O2S. The van der Waals surface area contributed by atoms with E-state index in [-0.39, 0.29) is 6.61 Å². The van der Waals surface area contributed by atoms with Crippen molar-refractivity contribution < 1.29 is 9.47 Å². The molecule has 0 aliphatic rings. The first-order valence-corrected chi connectivity index (χ1v) is 7.20. The van der Waals surface area contributed by atoms with E-state index in [0.717, 1.165) is 26.2 Å². The lowest BCUT2D eigenvalue weighted by Gasteiger charge is -2.10. The predicted octanol–water partition coefficient (Wildman–Crippen LogP) is 3.23. The van der Waals surface area contributed by atoms with E-state index in [1.165, 1.54) is 0 Å². The number of methoxy groups -OCH3 is 1. The molecule has 5 nitrogen and oxygen atoms in total. The number of benzene rings is 1. The second-order valence-electron chi connectivity index (χ2n) is 3.29. The fourth-order valence-corrected chi connectivity index (χ4v) is 2.59. The van der Waals surface area contributed by atoms with Crippen molar-refractivity contribution >= 4 is 48.4 Å². The van der Waals surface area contributed by atoms with Crippen LogP contribution in [0, 0.1) is 0 Å². The predicted molar refractivity (Wildman–Crippen MR) is 77.0 cm³/mol. The molecule has 8 heteroatoms. The van der Waals surface area contributed by atoms with Gasteiger partial charge in [0.25, 0.3) is 0 Å². The van der Waals surface area contributed by atoms with E-state index in [2.05, 4.69) is 41.4 Å². The lowest BCUT2D eigenvalue weighted by Crippen LogP contribution is -2.00. The summed E-state index contributed by atoms with van der Waals surface area (Å²) >= 11 is 7.96. The molecule has 1 heterocycles. The van der Waals surface area contributed by atoms with Gasteiger partial charge in [0.1, 0.15) is 28.8 Å². The van der Waals surface area contributed by atoms with Gasteiger partial charge in [-0.1, -0.05) is 4.49 Å². The summed E-state index contributed by atoms with van der Waals surface area (Å²) in [4.78, 5) is 0. The molecule has 0 amide bonds. The van der Waals surface area contributed by atoms with Gasteiger partial charge in [0.05, 0.1) is 16.1 Å². The lowest BCUT2D eigenvalue weighted by atomic mass is 10.3. The first kappa shape index (κ1) is 13.6. The van der Waals surface area contributed by atoms with E-state index in [0.29, 0.717) is 16.4 Å². The van der Waals surface area contributed by atoms with Crippen LogP contribution in [-0.4, -0.2) is 16.7 Å². The van der Waals surface area contributed by atoms with Gasteiger partial charge in [-0.3, -0.25) is 0 Å². The van der Waals surface area contributed by atoms with Crippen molar-refractivity contribution in [3.63, 3.8) is 0 Å². The highest BCUT2D eigenvalue weighted by atomic mass is 79.9. The molecular weight excluding hydrogens is 386 g/mol. The first-order chi connectivity index (χ1) is 8.61. The summed E-state index contributed by atoms with van der Waals surface area (Å²) in [7, 11) is 1.61. The number of anilines is 1. The molecule has 0 saturated carbocycles. The monoisotopic (exact) mass is 393 g/mol. The summed E-state index contributed by atoms with van der Waals surface area (Å²) in [6.07, 6.45) is 0. The number of hydrogen-bond donors (Lipinski definition) is 1. The molecule has 96 valence electrons. The number of halogens is 2. The van der Waals surface area contributed by atoms with Crippen LogP contribution in [0.4, 0.5) is 5.00 Å². The number of nitrogens with two attached hydrogens (primary N) is 1. The number of ether oxygens (including phenoxy) is 2. The SMILES string of the molecule is COc1cc(Br)c(OCc2nnsc2N)cc1Br. The van der Waals surface area contributed by atoms with Crippen LogP contribution in [0.15, 0.2) is 21.1 Å². The first-order valence-electron chi connectivity index (χ1n) is 4.84. The van der Waals surface area contributed by atoms with Crippen LogP contribution in [0.2, 0.25) is 0 Å². The number of nitrogens with zero attached hydrogens (tertiary/aromatic N) is 2. The quantitative estimate of drug-likeness (QED) is 0.861. The van der Waals surface area contributed by atoms with Crippen LogP contribution in [-0.2, 0) is 6.61 Å². The van der Waals surface area contributed by atoms with E-state index >= 15 is 0 Å². The Hall–Kier alpha value is -0.860. The highest BCUT2D eigenvalue weighted by Crippen LogP contribution is 2.36. The molecule has 1 aromatic heterocycles. The molecule has 0 atom stereocenters. The van der Waals surface area contributed by atoms with Crippen LogP contribution in [0.25, 0.3) is 0 Å². The smallest absolute Gasteiger partial charge is 0.136 e. The maximum atomic E-state index is 5.69. The average Bonchev–Trinajstić information content (AvgIpc) is 2.75. The molecule has 0 saturated heterocycles. The van der Waals surface area contributed by atoms with Crippen molar-refractivity contribution in [2.24, 2.45) is 0 Å². The van der Waals surface area contributed by atoms with Crippen molar-refractivity contribution in [2.45, 2.75) is 6.61 Å². The fraction of sp³-hybridized carbons (Fsp3) is 0.200. The molecule has 0 aliphatic heterocycles. The van der Waals surface area contributed by atoms with Gasteiger partial charge in [0.15, 0.2) is 0 Å². The van der Waals surface area contributed by atoms with Crippen molar-refractivity contribution in [3.05, 3.63) is 26.8 Å². The average molecular weight is 395 g/mol. The maximum Gasteiger partial charge on any atom is 0.136 e. The Bertz CT molecular complexity index is 562. The summed E-state index contributed by atoms with van der Waals surface area (Å²) < 4.78 is 16.2. The maximum absolute atomic E-state index is 5.69. The standard InChI is InChI=1S/C10H9Br2N3O2S/c1-16-8-2-6(12)9(3-5(8)11)17-4-7-10(13)18-15-14-7/h2-3H,4,13H2,1H3. The summed E-state index contributed by atoms with van der Waals surface area (Å²) in [5, 5.41) is 4.45. The molecule has 0 radical (unpaired) electrons. The summed E-state index contributed by atoms with van der Waals surface area (Å²) in [5.41, 5.74) is 6.33. The molecule has 18 heavy (non-hydrogen) atoms. The van der Waals surface area contributed by atoms with Gasteiger partial charge in [-0.25, -0.2) is 0 Å². The molecule has 0 bridgehead atoms. The van der Waals surface area contributed by atoms with Crippen LogP contribution in [0.3, 0.4) is 0 Å². The van der Waals surface area contributed by atoms with E-state index in [4.69, 9.17) is 15.2 Å². The van der Waals surface area contributed by atoms with Gasteiger partial charge >= 0.3 is 0 Å². The normalized spacial score (nSPS) is 10.4. The molecule has 0 fully saturated rings. The highest BCUT2D eigenvalue weighted by Gasteiger charge is 2.10. The zero-order valence-corrected chi connectivity index (χ0v) is 13.3. The minimum Gasteiger partial charge on any atom is -0.496 e. The van der Waals surface area contributed by atoms with E-state index in [9.17, 15) is 0 Å². The number of aromatic nitrogens is 2. The Morgan fingerprint density at radius 2 is 1.94 bits per heavy atom. The highest BCUT2D eigenvalue weighted by molar-refractivity contribution is 9.11. The van der Waals surface area contributed by atoms with Crippen molar-refractivity contribution in [1.29, 1.82) is 0 Å². The topological polar surface area (TPSA) is 70.3 Å². The van der Waals surface area contributed by atoms with Gasteiger partial charge in [0, 0.05) is 11.5 Å². The number of nitrogen functional groups attached to an aromatic ring is 1. The molecule has 2 N–H and O–H groups in total. The summed E-state index contributed by atoms with van der Waals surface area (Å²) in [6.45, 7) is 0.277. The Morgan fingerprint density at radius 1 is 1.28 bits per heavy atom.